The van der Waals surface area contributed by atoms with Crippen molar-refractivity contribution >= 4 is 45.2 Å². The van der Waals surface area contributed by atoms with Gasteiger partial charge in [0.2, 0.25) is 10.0 Å². The number of aromatic amines is 1. The van der Waals surface area contributed by atoms with Crippen molar-refractivity contribution in [3.63, 3.8) is 0 Å². The zero-order chi connectivity index (χ0) is 30.4. The number of benzene rings is 2. The first-order valence-corrected chi connectivity index (χ1v) is 19.1. The van der Waals surface area contributed by atoms with Crippen LogP contribution in [-0.4, -0.2) is 50.9 Å². The number of para-hydroxylation sites is 1. The molecule has 1 atom stereocenters. The van der Waals surface area contributed by atoms with Gasteiger partial charge in [0.05, 0.1) is 17.5 Å². The average molecular weight is 660 g/mol. The van der Waals surface area contributed by atoms with E-state index in [0.717, 1.165) is 32.2 Å². The maximum Gasteiger partial charge on any atom is 0.244 e. The van der Waals surface area contributed by atoms with E-state index in [1.165, 1.54) is 4.31 Å². The number of aryl methyl sites for hydroxylation is 1. The van der Waals surface area contributed by atoms with E-state index in [-0.39, 0.29) is 29.5 Å². The maximum absolute atomic E-state index is 14.3. The number of allylic oxidation sites excluding steroid dienone is 1. The second-order valence-corrected chi connectivity index (χ2v) is 19.5. The fourth-order valence-electron chi connectivity index (χ4n) is 4.34. The predicted octanol–water partition coefficient (Wildman–Crippen LogP) is 7.46. The minimum Gasteiger partial charge on any atom is -0.406 e. The number of sulfonamides is 1. The van der Waals surface area contributed by atoms with E-state index >= 15 is 0 Å². The number of aliphatic hydroxyl groups is 1. The Labute approximate surface area is 255 Å². The largest absolute Gasteiger partial charge is 0.406 e. The van der Waals surface area contributed by atoms with Crippen molar-refractivity contribution in [1.29, 1.82) is 0 Å². The molecule has 2 aromatic carbocycles. The number of nitrogens with zero attached hydrogens (tertiary/aromatic N) is 1. The molecular weight excluding hydrogens is 616 g/mol. The second kappa shape index (κ2) is 13.9. The molecule has 1 heterocycles. The molecule has 0 amide bonds. The fraction of sp³-hybridized carbons (Fsp3) is 0.438. The number of hydrogen-bond acceptors (Lipinski definition) is 4. The molecule has 2 N–H and O–H groups in total. The summed E-state index contributed by atoms with van der Waals surface area (Å²) < 4.78 is 37.1. The van der Waals surface area contributed by atoms with Crippen LogP contribution in [0.15, 0.2) is 64.0 Å². The van der Waals surface area contributed by atoms with E-state index < -0.39 is 24.4 Å². The summed E-state index contributed by atoms with van der Waals surface area (Å²) in [5.74, 6) is 6.42. The molecule has 0 aliphatic heterocycles. The number of aliphatic hydroxyl groups excluding tert-OH is 1. The highest BCUT2D eigenvalue weighted by Crippen LogP contribution is 2.38. The highest BCUT2D eigenvalue weighted by molar-refractivity contribution is 9.11. The van der Waals surface area contributed by atoms with Crippen LogP contribution in [0.4, 0.5) is 0 Å². The van der Waals surface area contributed by atoms with Crippen LogP contribution >= 0.6 is 15.9 Å². The molecule has 6 nitrogen and oxygen atoms in total. The van der Waals surface area contributed by atoms with Gasteiger partial charge in [-0.05, 0) is 62.2 Å². The molecule has 1 unspecified atom stereocenters. The molecule has 0 fully saturated rings. The summed E-state index contributed by atoms with van der Waals surface area (Å²) in [6.07, 6.45) is 2.50. The Kier molecular flexibility index (Phi) is 11.3. The molecular formula is C32H43BrN2O4SSi. The van der Waals surface area contributed by atoms with Crippen LogP contribution in [0.2, 0.25) is 18.1 Å². The van der Waals surface area contributed by atoms with Crippen LogP contribution in [0.1, 0.15) is 57.0 Å². The van der Waals surface area contributed by atoms with Gasteiger partial charge in [-0.1, -0.05) is 90.5 Å². The minimum atomic E-state index is -3.94. The van der Waals surface area contributed by atoms with Crippen molar-refractivity contribution in [3.05, 3.63) is 75.9 Å². The Hall–Kier alpha value is -2.19. The van der Waals surface area contributed by atoms with Crippen molar-refractivity contribution in [2.24, 2.45) is 0 Å². The van der Waals surface area contributed by atoms with Gasteiger partial charge in [-0.3, -0.25) is 0 Å². The van der Waals surface area contributed by atoms with E-state index in [4.69, 9.17) is 4.43 Å². The van der Waals surface area contributed by atoms with Crippen molar-refractivity contribution in [2.45, 2.75) is 76.5 Å². The van der Waals surface area contributed by atoms with Gasteiger partial charge in [0.15, 0.2) is 8.32 Å². The summed E-state index contributed by atoms with van der Waals surface area (Å²) in [5, 5.41) is 11.0. The third-order valence-electron chi connectivity index (χ3n) is 7.87. The van der Waals surface area contributed by atoms with Crippen molar-refractivity contribution in [3.8, 4) is 11.8 Å². The van der Waals surface area contributed by atoms with Crippen LogP contribution in [0.5, 0.6) is 0 Å². The van der Waals surface area contributed by atoms with Gasteiger partial charge in [0.1, 0.15) is 0 Å². The van der Waals surface area contributed by atoms with Crippen LogP contribution in [0, 0.1) is 18.8 Å². The smallest absolute Gasteiger partial charge is 0.244 e. The third-order valence-corrected chi connectivity index (χ3v) is 14.9. The van der Waals surface area contributed by atoms with Crippen LogP contribution in [0.25, 0.3) is 10.9 Å². The molecule has 0 saturated heterocycles. The summed E-state index contributed by atoms with van der Waals surface area (Å²) in [4.78, 5) is 3.72. The Morgan fingerprint density at radius 2 is 1.80 bits per heavy atom. The van der Waals surface area contributed by atoms with E-state index in [1.54, 1.807) is 12.1 Å². The number of fused-ring (bicyclic) bond motifs is 1. The Morgan fingerprint density at radius 1 is 1.15 bits per heavy atom. The summed E-state index contributed by atoms with van der Waals surface area (Å²) in [5.41, 5.74) is 3.51. The van der Waals surface area contributed by atoms with E-state index in [0.29, 0.717) is 13.0 Å². The topological polar surface area (TPSA) is 82.6 Å². The second-order valence-electron chi connectivity index (χ2n) is 11.8. The highest BCUT2D eigenvalue weighted by atomic mass is 79.9. The normalized spacial score (nSPS) is 13.9. The number of rotatable bonds is 11. The SMILES string of the molecule is C/C=C(\Br)CN(C(CC#CCO[Si](C)(C)C(C)(C)C)c1[nH]c2ccccc2c1CCO)S(=O)(=O)c1ccc(C)cc1. The van der Waals surface area contributed by atoms with Gasteiger partial charge in [0.25, 0.3) is 0 Å². The molecule has 0 bridgehead atoms. The Balaban J connectivity index is 2.15. The molecule has 0 saturated carbocycles. The molecule has 3 rings (SSSR count). The molecule has 0 spiro atoms. The molecule has 1 aromatic heterocycles. The van der Waals surface area contributed by atoms with Gasteiger partial charge in [-0.25, -0.2) is 8.42 Å². The van der Waals surface area contributed by atoms with Gasteiger partial charge >= 0.3 is 0 Å². The van der Waals surface area contributed by atoms with Crippen molar-refractivity contribution < 1.29 is 18.0 Å². The molecule has 222 valence electrons. The fourth-order valence-corrected chi connectivity index (χ4v) is 7.21. The zero-order valence-corrected chi connectivity index (χ0v) is 28.6. The lowest BCUT2D eigenvalue weighted by atomic mass is 10.0. The van der Waals surface area contributed by atoms with Gasteiger partial charge in [-0.15, -0.1) is 0 Å². The monoisotopic (exact) mass is 658 g/mol. The van der Waals surface area contributed by atoms with E-state index in [2.05, 4.69) is 66.6 Å². The van der Waals surface area contributed by atoms with Gasteiger partial charge in [0, 0.05) is 40.7 Å². The number of halogens is 1. The van der Waals surface area contributed by atoms with Crippen molar-refractivity contribution in [2.75, 3.05) is 19.8 Å². The lowest BCUT2D eigenvalue weighted by molar-refractivity contribution is 0.297. The average Bonchev–Trinajstić information content (AvgIpc) is 3.27. The quantitative estimate of drug-likeness (QED) is 0.166. The zero-order valence-electron chi connectivity index (χ0n) is 25.2. The summed E-state index contributed by atoms with van der Waals surface area (Å²) in [6, 6.07) is 14.1. The first-order chi connectivity index (χ1) is 19.2. The van der Waals surface area contributed by atoms with Crippen molar-refractivity contribution in [1.82, 2.24) is 9.29 Å². The molecule has 0 aliphatic rings. The highest BCUT2D eigenvalue weighted by Gasteiger charge is 2.37. The number of aromatic nitrogens is 1. The standard InChI is InChI=1S/C32H43BrN2O4SSi/c1-8-25(33)23-35(40(37,38)26-18-16-24(2)17-19-26)30(15-11-12-22-39-41(6,7)32(3,4)5)31-28(20-21-36)27-13-9-10-14-29(27)34-31/h8-10,13-14,16-19,30,34,36H,15,20-23H2,1-7H3/b25-8-. The third kappa shape index (κ3) is 8.01. The Bertz CT molecular complexity index is 1530. The van der Waals surface area contributed by atoms with Gasteiger partial charge in [-0.2, -0.15) is 4.31 Å². The summed E-state index contributed by atoms with van der Waals surface area (Å²) in [6.45, 7) is 15.1. The van der Waals surface area contributed by atoms with Crippen LogP contribution < -0.4 is 0 Å². The summed E-state index contributed by atoms with van der Waals surface area (Å²) in [7, 11) is -5.91. The number of hydrogen-bond donors (Lipinski definition) is 2. The first-order valence-electron chi connectivity index (χ1n) is 13.9. The minimum absolute atomic E-state index is 0.0587. The predicted molar refractivity (Wildman–Crippen MR) is 175 cm³/mol. The van der Waals surface area contributed by atoms with Crippen LogP contribution in [0.3, 0.4) is 0 Å². The number of H-pyrrole nitrogens is 1. The molecule has 41 heavy (non-hydrogen) atoms. The summed E-state index contributed by atoms with van der Waals surface area (Å²) >= 11 is 3.57. The molecule has 3 aromatic rings. The van der Waals surface area contributed by atoms with Gasteiger partial charge < -0.3 is 14.5 Å². The molecule has 0 aliphatic carbocycles. The maximum atomic E-state index is 14.3. The lowest BCUT2D eigenvalue weighted by Gasteiger charge is -2.35. The molecule has 0 radical (unpaired) electrons. The molecule has 9 heteroatoms. The van der Waals surface area contributed by atoms with E-state index in [9.17, 15) is 13.5 Å². The van der Waals surface area contributed by atoms with Crippen LogP contribution in [-0.2, 0) is 20.9 Å². The number of nitrogens with one attached hydrogen (secondary N) is 1. The Morgan fingerprint density at radius 3 is 2.41 bits per heavy atom. The van der Waals surface area contributed by atoms with E-state index in [1.807, 2.05) is 56.3 Å². The first kappa shape index (κ1) is 33.3. The lowest BCUT2D eigenvalue weighted by Crippen LogP contribution is -2.40.